The number of aromatic nitrogens is 1. The summed E-state index contributed by atoms with van der Waals surface area (Å²) in [5.41, 5.74) is 1.99. The highest BCUT2D eigenvalue weighted by atomic mass is 32.1. The number of amides is 1. The molecule has 29 heavy (non-hydrogen) atoms. The standard InChI is InChI=1S/C22H26N4OS2/c1-25-9-11-26(12-10-25)15-19(17-6-3-2-4-7-17)24-21(27)14-18-16-29-22(23-18)20-8-5-13-28-20/h2-8,13,16,19H,9-12,14-15H2,1H3,(H,24,27). The molecule has 1 aromatic carbocycles. The fourth-order valence-electron chi connectivity index (χ4n) is 3.52. The lowest BCUT2D eigenvalue weighted by Gasteiger charge is -2.35. The van der Waals surface area contributed by atoms with Crippen molar-refractivity contribution in [3.8, 4) is 9.88 Å². The zero-order valence-electron chi connectivity index (χ0n) is 16.6. The van der Waals surface area contributed by atoms with E-state index < -0.39 is 0 Å². The minimum atomic E-state index is -0.0116. The van der Waals surface area contributed by atoms with Gasteiger partial charge in [0.2, 0.25) is 5.91 Å². The molecule has 3 aromatic rings. The number of thiophene rings is 1. The van der Waals surface area contributed by atoms with Crippen LogP contribution in [0.5, 0.6) is 0 Å². The number of thiazole rings is 1. The fraction of sp³-hybridized carbons (Fsp3) is 0.364. The van der Waals surface area contributed by atoms with Crippen molar-refractivity contribution in [1.82, 2.24) is 20.1 Å². The Bertz CT molecular complexity index is 902. The smallest absolute Gasteiger partial charge is 0.226 e. The molecule has 0 saturated carbocycles. The summed E-state index contributed by atoms with van der Waals surface area (Å²) >= 11 is 3.27. The number of nitrogens with one attached hydrogen (secondary N) is 1. The molecule has 1 saturated heterocycles. The maximum Gasteiger partial charge on any atom is 0.226 e. The van der Waals surface area contributed by atoms with Gasteiger partial charge in [0.25, 0.3) is 0 Å². The van der Waals surface area contributed by atoms with Crippen molar-refractivity contribution < 1.29 is 4.79 Å². The van der Waals surface area contributed by atoms with Gasteiger partial charge in [-0.05, 0) is 24.1 Å². The Morgan fingerprint density at radius 3 is 2.62 bits per heavy atom. The summed E-state index contributed by atoms with van der Waals surface area (Å²) in [6.45, 7) is 5.04. The van der Waals surface area contributed by atoms with Crippen LogP contribution in [0.2, 0.25) is 0 Å². The Labute approximate surface area is 180 Å². The largest absolute Gasteiger partial charge is 0.348 e. The molecule has 4 rings (SSSR count). The second kappa shape index (κ2) is 9.63. The number of carbonyl (C=O) groups is 1. The van der Waals surface area contributed by atoms with Gasteiger partial charge in [-0.25, -0.2) is 4.98 Å². The number of carbonyl (C=O) groups excluding carboxylic acids is 1. The van der Waals surface area contributed by atoms with Gasteiger partial charge in [-0.1, -0.05) is 36.4 Å². The highest BCUT2D eigenvalue weighted by Gasteiger charge is 2.21. The number of nitrogens with zero attached hydrogens (tertiary/aromatic N) is 3. The third kappa shape index (κ3) is 5.51. The van der Waals surface area contributed by atoms with Crippen LogP contribution in [-0.4, -0.2) is 60.5 Å². The molecule has 1 aliphatic rings. The van der Waals surface area contributed by atoms with E-state index in [4.69, 9.17) is 0 Å². The third-order valence-electron chi connectivity index (χ3n) is 5.20. The fourth-order valence-corrected chi connectivity index (χ4v) is 5.15. The molecule has 0 radical (unpaired) electrons. The first-order chi connectivity index (χ1) is 14.2. The van der Waals surface area contributed by atoms with Crippen molar-refractivity contribution in [2.45, 2.75) is 12.5 Å². The van der Waals surface area contributed by atoms with Crippen LogP contribution in [0.15, 0.2) is 53.2 Å². The van der Waals surface area contributed by atoms with E-state index in [0.717, 1.165) is 53.9 Å². The van der Waals surface area contributed by atoms with E-state index in [1.54, 1.807) is 22.7 Å². The first kappa shape index (κ1) is 20.2. The van der Waals surface area contributed by atoms with Crippen LogP contribution >= 0.6 is 22.7 Å². The van der Waals surface area contributed by atoms with Crippen LogP contribution in [0.4, 0.5) is 0 Å². The molecule has 2 aromatic heterocycles. The Morgan fingerprint density at radius 2 is 1.90 bits per heavy atom. The molecule has 1 N–H and O–H groups in total. The summed E-state index contributed by atoms with van der Waals surface area (Å²) in [7, 11) is 2.16. The van der Waals surface area contributed by atoms with Crippen molar-refractivity contribution in [2.24, 2.45) is 0 Å². The normalized spacial score (nSPS) is 16.6. The van der Waals surface area contributed by atoms with Crippen LogP contribution < -0.4 is 5.32 Å². The Balaban J connectivity index is 1.40. The maximum atomic E-state index is 12.8. The number of hydrogen-bond donors (Lipinski definition) is 1. The molecule has 1 aliphatic heterocycles. The lowest BCUT2D eigenvalue weighted by molar-refractivity contribution is -0.121. The number of likely N-dealkylation sites (N-methyl/N-ethyl adjacent to an activating group) is 1. The van der Waals surface area contributed by atoms with Crippen molar-refractivity contribution in [3.05, 3.63) is 64.5 Å². The minimum Gasteiger partial charge on any atom is -0.348 e. The van der Waals surface area contributed by atoms with Crippen molar-refractivity contribution >= 4 is 28.6 Å². The van der Waals surface area contributed by atoms with E-state index in [0.29, 0.717) is 6.42 Å². The van der Waals surface area contributed by atoms with Gasteiger partial charge in [-0.3, -0.25) is 9.69 Å². The maximum absolute atomic E-state index is 12.8. The van der Waals surface area contributed by atoms with Crippen molar-refractivity contribution in [2.75, 3.05) is 39.8 Å². The van der Waals surface area contributed by atoms with Crippen LogP contribution in [0.3, 0.4) is 0 Å². The molecule has 1 fully saturated rings. The molecule has 152 valence electrons. The summed E-state index contributed by atoms with van der Waals surface area (Å²) in [4.78, 5) is 23.4. The summed E-state index contributed by atoms with van der Waals surface area (Å²) in [5, 5.41) is 8.28. The Morgan fingerprint density at radius 1 is 1.10 bits per heavy atom. The van der Waals surface area contributed by atoms with Gasteiger partial charge in [0.1, 0.15) is 5.01 Å². The minimum absolute atomic E-state index is 0.0116. The molecule has 0 bridgehead atoms. The second-order valence-corrected chi connectivity index (χ2v) is 9.24. The zero-order valence-corrected chi connectivity index (χ0v) is 18.2. The van der Waals surface area contributed by atoms with Crippen molar-refractivity contribution in [1.29, 1.82) is 0 Å². The van der Waals surface area contributed by atoms with Gasteiger partial charge in [0.05, 0.1) is 23.0 Å². The third-order valence-corrected chi connectivity index (χ3v) is 7.13. The lowest BCUT2D eigenvalue weighted by Crippen LogP contribution is -2.48. The van der Waals surface area contributed by atoms with E-state index in [-0.39, 0.29) is 11.9 Å². The molecular formula is C22H26N4OS2. The summed E-state index contributed by atoms with van der Waals surface area (Å²) in [6.07, 6.45) is 0.313. The summed E-state index contributed by atoms with van der Waals surface area (Å²) in [5.74, 6) is 0.0241. The van der Waals surface area contributed by atoms with Crippen LogP contribution in [-0.2, 0) is 11.2 Å². The second-order valence-electron chi connectivity index (χ2n) is 7.43. The quantitative estimate of drug-likeness (QED) is 0.628. The van der Waals surface area contributed by atoms with E-state index >= 15 is 0 Å². The van der Waals surface area contributed by atoms with Gasteiger partial charge in [0, 0.05) is 38.1 Å². The summed E-state index contributed by atoms with van der Waals surface area (Å²) < 4.78 is 0. The average Bonchev–Trinajstić information content (AvgIpc) is 3.42. The lowest BCUT2D eigenvalue weighted by atomic mass is 10.1. The van der Waals surface area contributed by atoms with Crippen LogP contribution in [0, 0.1) is 0 Å². The van der Waals surface area contributed by atoms with E-state index in [2.05, 4.69) is 45.3 Å². The van der Waals surface area contributed by atoms with E-state index in [1.165, 1.54) is 0 Å². The number of piperazine rings is 1. The van der Waals surface area contributed by atoms with Gasteiger partial charge in [-0.2, -0.15) is 0 Å². The average molecular weight is 427 g/mol. The molecule has 7 heteroatoms. The first-order valence-corrected chi connectivity index (χ1v) is 11.7. The molecule has 0 spiro atoms. The molecular weight excluding hydrogens is 400 g/mol. The van der Waals surface area contributed by atoms with E-state index in [9.17, 15) is 4.79 Å². The molecule has 1 unspecified atom stereocenters. The van der Waals surface area contributed by atoms with Crippen molar-refractivity contribution in [3.63, 3.8) is 0 Å². The Hall–Kier alpha value is -2.06. The molecule has 3 heterocycles. The van der Waals surface area contributed by atoms with Crippen LogP contribution in [0.25, 0.3) is 9.88 Å². The molecule has 1 amide bonds. The number of hydrogen-bond acceptors (Lipinski definition) is 6. The highest BCUT2D eigenvalue weighted by molar-refractivity contribution is 7.20. The monoisotopic (exact) mass is 426 g/mol. The van der Waals surface area contributed by atoms with E-state index in [1.807, 2.05) is 35.0 Å². The highest BCUT2D eigenvalue weighted by Crippen LogP contribution is 2.28. The predicted octanol–water partition coefficient (Wildman–Crippen LogP) is 3.52. The number of rotatable bonds is 7. The van der Waals surface area contributed by atoms with Gasteiger partial charge in [-0.15, -0.1) is 22.7 Å². The molecule has 5 nitrogen and oxygen atoms in total. The van der Waals surface area contributed by atoms with Crippen LogP contribution in [0.1, 0.15) is 17.3 Å². The molecule has 0 aliphatic carbocycles. The topological polar surface area (TPSA) is 48.5 Å². The number of benzene rings is 1. The van der Waals surface area contributed by atoms with Gasteiger partial charge in [0.15, 0.2) is 0 Å². The van der Waals surface area contributed by atoms with Gasteiger partial charge >= 0.3 is 0 Å². The Kier molecular flexibility index (Phi) is 6.71. The zero-order chi connectivity index (χ0) is 20.1. The van der Waals surface area contributed by atoms with Gasteiger partial charge < -0.3 is 10.2 Å². The first-order valence-electron chi connectivity index (χ1n) is 9.91. The molecule has 1 atom stereocenters. The summed E-state index contributed by atoms with van der Waals surface area (Å²) in [6, 6.07) is 14.4. The SMILES string of the molecule is CN1CCN(CC(NC(=O)Cc2csc(-c3cccs3)n2)c2ccccc2)CC1. The predicted molar refractivity (Wildman–Crippen MR) is 120 cm³/mol.